The van der Waals surface area contributed by atoms with Crippen LogP contribution in [0.1, 0.15) is 35.9 Å². The monoisotopic (exact) mass is 379 g/mol. The highest BCUT2D eigenvalue weighted by Crippen LogP contribution is 2.34. The number of carbonyl (C=O) groups excluding carboxylic acids is 1. The first-order valence-corrected chi connectivity index (χ1v) is 9.22. The molecule has 1 amide bonds. The lowest BCUT2D eigenvalue weighted by Gasteiger charge is -2.25. The molecule has 0 fully saturated rings. The summed E-state index contributed by atoms with van der Waals surface area (Å²) in [5.74, 6) is 1.16. The van der Waals surface area contributed by atoms with E-state index in [4.69, 9.17) is 9.47 Å². The summed E-state index contributed by atoms with van der Waals surface area (Å²) in [4.78, 5) is 25.0. The molecular formula is C21H21N3O4. The van der Waals surface area contributed by atoms with Gasteiger partial charge >= 0.3 is 0 Å². The van der Waals surface area contributed by atoms with Gasteiger partial charge < -0.3 is 14.8 Å². The molecule has 0 radical (unpaired) electrons. The van der Waals surface area contributed by atoms with E-state index < -0.39 is 0 Å². The SMILES string of the molecule is CC(C)[C@H](NC(=O)c1n[nH]c(=O)c2ccccc12)c1ccc2c(c1)OCCO2. The number of benzene rings is 2. The Kier molecular flexibility index (Phi) is 4.73. The molecule has 0 saturated heterocycles. The van der Waals surface area contributed by atoms with Gasteiger partial charge in [0, 0.05) is 5.39 Å². The fraction of sp³-hybridized carbons (Fsp3) is 0.286. The lowest BCUT2D eigenvalue weighted by molar-refractivity contribution is 0.0921. The summed E-state index contributed by atoms with van der Waals surface area (Å²) in [6.45, 7) is 5.09. The Morgan fingerprint density at radius 3 is 2.54 bits per heavy atom. The fourth-order valence-corrected chi connectivity index (χ4v) is 3.39. The third-order valence-electron chi connectivity index (χ3n) is 4.79. The van der Waals surface area contributed by atoms with Crippen LogP contribution in [0.5, 0.6) is 11.5 Å². The summed E-state index contributed by atoms with van der Waals surface area (Å²) < 4.78 is 11.2. The van der Waals surface area contributed by atoms with Crippen molar-refractivity contribution < 1.29 is 14.3 Å². The van der Waals surface area contributed by atoms with Gasteiger partial charge in [0.1, 0.15) is 13.2 Å². The van der Waals surface area contributed by atoms with Gasteiger partial charge in [0.2, 0.25) is 0 Å². The Hall–Kier alpha value is -3.35. The number of hydrogen-bond donors (Lipinski definition) is 2. The van der Waals surface area contributed by atoms with Gasteiger partial charge in [-0.05, 0) is 29.7 Å². The highest BCUT2D eigenvalue weighted by Gasteiger charge is 2.23. The largest absolute Gasteiger partial charge is 0.486 e. The highest BCUT2D eigenvalue weighted by molar-refractivity contribution is 6.04. The molecule has 2 aromatic carbocycles. The number of ether oxygens (including phenoxy) is 2. The number of aromatic nitrogens is 2. The van der Waals surface area contributed by atoms with E-state index in [1.807, 2.05) is 32.0 Å². The number of nitrogens with zero attached hydrogens (tertiary/aromatic N) is 1. The van der Waals surface area contributed by atoms with E-state index in [-0.39, 0.29) is 29.1 Å². The van der Waals surface area contributed by atoms with Crippen LogP contribution >= 0.6 is 0 Å². The van der Waals surface area contributed by atoms with Crippen LogP contribution < -0.4 is 20.3 Å². The van der Waals surface area contributed by atoms with Crippen LogP contribution in [0, 0.1) is 5.92 Å². The number of rotatable bonds is 4. The van der Waals surface area contributed by atoms with Crippen molar-refractivity contribution in [3.05, 3.63) is 64.1 Å². The number of H-pyrrole nitrogens is 1. The predicted molar refractivity (Wildman–Crippen MR) is 105 cm³/mol. The summed E-state index contributed by atoms with van der Waals surface area (Å²) in [5, 5.41) is 10.4. The van der Waals surface area contributed by atoms with Gasteiger partial charge in [-0.2, -0.15) is 5.10 Å². The zero-order chi connectivity index (χ0) is 19.7. The van der Waals surface area contributed by atoms with Crippen LogP contribution in [-0.2, 0) is 0 Å². The molecule has 7 nitrogen and oxygen atoms in total. The number of hydrogen-bond acceptors (Lipinski definition) is 5. The van der Waals surface area contributed by atoms with E-state index in [0.717, 1.165) is 5.56 Å². The third kappa shape index (κ3) is 3.31. The van der Waals surface area contributed by atoms with Crippen LogP contribution in [-0.4, -0.2) is 29.3 Å². The predicted octanol–water partition coefficient (Wildman–Crippen LogP) is 2.82. The highest BCUT2D eigenvalue weighted by atomic mass is 16.6. The van der Waals surface area contributed by atoms with Crippen molar-refractivity contribution in [1.29, 1.82) is 0 Å². The van der Waals surface area contributed by atoms with Crippen LogP contribution in [0.3, 0.4) is 0 Å². The van der Waals surface area contributed by atoms with Crippen LogP contribution in [0.15, 0.2) is 47.3 Å². The molecule has 3 aromatic rings. The lowest BCUT2D eigenvalue weighted by Crippen LogP contribution is -2.33. The van der Waals surface area contributed by atoms with Crippen molar-refractivity contribution in [3.8, 4) is 11.5 Å². The molecule has 2 heterocycles. The quantitative estimate of drug-likeness (QED) is 0.727. The number of carbonyl (C=O) groups is 1. The maximum absolute atomic E-state index is 13.0. The molecule has 1 atom stereocenters. The molecule has 0 aliphatic carbocycles. The van der Waals surface area contributed by atoms with Crippen LogP contribution in [0.2, 0.25) is 0 Å². The summed E-state index contributed by atoms with van der Waals surface area (Å²) >= 11 is 0. The zero-order valence-electron chi connectivity index (χ0n) is 15.7. The van der Waals surface area contributed by atoms with Crippen molar-refractivity contribution >= 4 is 16.7 Å². The average Bonchev–Trinajstić information content (AvgIpc) is 2.72. The van der Waals surface area contributed by atoms with Crippen molar-refractivity contribution in [2.45, 2.75) is 19.9 Å². The Labute approximate surface area is 161 Å². The minimum Gasteiger partial charge on any atom is -0.486 e. The van der Waals surface area contributed by atoms with Gasteiger partial charge in [0.25, 0.3) is 11.5 Å². The van der Waals surface area contributed by atoms with E-state index >= 15 is 0 Å². The van der Waals surface area contributed by atoms with E-state index in [0.29, 0.717) is 35.5 Å². The average molecular weight is 379 g/mol. The lowest BCUT2D eigenvalue weighted by atomic mass is 9.95. The van der Waals surface area contributed by atoms with Gasteiger partial charge in [0.05, 0.1) is 11.4 Å². The Morgan fingerprint density at radius 2 is 1.79 bits per heavy atom. The molecular weight excluding hydrogens is 358 g/mol. The topological polar surface area (TPSA) is 93.3 Å². The Bertz CT molecular complexity index is 1090. The fourth-order valence-electron chi connectivity index (χ4n) is 3.39. The molecule has 7 heteroatoms. The van der Waals surface area contributed by atoms with Crippen molar-refractivity contribution in [1.82, 2.24) is 15.5 Å². The molecule has 1 aliphatic heterocycles. The number of aromatic amines is 1. The third-order valence-corrected chi connectivity index (χ3v) is 4.79. The molecule has 0 saturated carbocycles. The molecule has 28 heavy (non-hydrogen) atoms. The molecule has 2 N–H and O–H groups in total. The second kappa shape index (κ2) is 7.34. The number of fused-ring (bicyclic) bond motifs is 2. The number of nitrogens with one attached hydrogen (secondary N) is 2. The molecule has 1 aromatic heterocycles. The smallest absolute Gasteiger partial charge is 0.272 e. The minimum absolute atomic E-state index is 0.125. The standard InChI is InChI=1S/C21H21N3O4/c1-12(2)18(13-7-8-16-17(11-13)28-10-9-27-16)22-21(26)19-14-5-3-4-6-15(14)20(25)24-23-19/h3-8,11-12,18H,9-10H2,1-2H3,(H,22,26)(H,24,25)/t18-/m0/s1. The van der Waals surface area contributed by atoms with Gasteiger partial charge in [0.15, 0.2) is 17.2 Å². The molecule has 0 bridgehead atoms. The second-order valence-electron chi connectivity index (χ2n) is 7.05. The van der Waals surface area contributed by atoms with E-state index in [9.17, 15) is 9.59 Å². The van der Waals surface area contributed by atoms with E-state index in [1.54, 1.807) is 24.3 Å². The van der Waals surface area contributed by atoms with Crippen molar-refractivity contribution in [3.63, 3.8) is 0 Å². The van der Waals surface area contributed by atoms with Crippen molar-refractivity contribution in [2.75, 3.05) is 13.2 Å². The maximum atomic E-state index is 13.0. The first kappa shape index (κ1) is 18.0. The van der Waals surface area contributed by atoms with Gasteiger partial charge in [-0.3, -0.25) is 9.59 Å². The summed E-state index contributed by atoms with van der Waals surface area (Å²) in [6.07, 6.45) is 0. The van der Waals surface area contributed by atoms with Gasteiger partial charge in [-0.15, -0.1) is 0 Å². The maximum Gasteiger partial charge on any atom is 0.272 e. The Balaban J connectivity index is 1.67. The molecule has 1 aliphatic rings. The molecule has 0 spiro atoms. The summed E-state index contributed by atoms with van der Waals surface area (Å²) in [6, 6.07) is 12.4. The van der Waals surface area contributed by atoms with Crippen molar-refractivity contribution in [2.24, 2.45) is 5.92 Å². The minimum atomic E-state index is -0.346. The zero-order valence-corrected chi connectivity index (χ0v) is 15.7. The van der Waals surface area contributed by atoms with Crippen LogP contribution in [0.4, 0.5) is 0 Å². The molecule has 0 unspecified atom stereocenters. The Morgan fingerprint density at radius 1 is 1.07 bits per heavy atom. The number of amides is 1. The summed E-state index contributed by atoms with van der Waals surface area (Å²) in [5.41, 5.74) is 0.791. The molecule has 4 rings (SSSR count). The summed E-state index contributed by atoms with van der Waals surface area (Å²) in [7, 11) is 0. The molecule has 144 valence electrons. The van der Waals surface area contributed by atoms with Gasteiger partial charge in [-0.25, -0.2) is 5.10 Å². The second-order valence-corrected chi connectivity index (χ2v) is 7.05. The van der Waals surface area contributed by atoms with Gasteiger partial charge in [-0.1, -0.05) is 38.1 Å². The first-order chi connectivity index (χ1) is 13.5. The first-order valence-electron chi connectivity index (χ1n) is 9.22. The van der Waals surface area contributed by atoms with E-state index in [2.05, 4.69) is 15.5 Å². The normalized spacial score (nSPS) is 14.1. The van der Waals surface area contributed by atoms with E-state index in [1.165, 1.54) is 0 Å². The van der Waals surface area contributed by atoms with Crippen LogP contribution in [0.25, 0.3) is 10.8 Å².